The van der Waals surface area contributed by atoms with Crippen molar-refractivity contribution in [2.45, 2.75) is 6.54 Å². The van der Waals surface area contributed by atoms with Crippen LogP contribution >= 0.6 is 0 Å². The maximum Gasteiger partial charge on any atom is 0.335 e. The van der Waals surface area contributed by atoms with Crippen LogP contribution in [0.25, 0.3) is 0 Å². The van der Waals surface area contributed by atoms with Crippen molar-refractivity contribution < 1.29 is 14.3 Å². The minimum absolute atomic E-state index is 0.0898. The van der Waals surface area contributed by atoms with E-state index in [-0.39, 0.29) is 12.1 Å². The molecular formula is C10H13FN2O2. The van der Waals surface area contributed by atoms with Crippen LogP contribution in [0.3, 0.4) is 0 Å². The number of aromatic carboxylic acids is 1. The van der Waals surface area contributed by atoms with Gasteiger partial charge in [-0.1, -0.05) is 0 Å². The highest BCUT2D eigenvalue weighted by molar-refractivity contribution is 5.87. The Labute approximate surface area is 87.3 Å². The fourth-order valence-electron chi connectivity index (χ4n) is 1.09. The first kappa shape index (κ1) is 11.6. The van der Waals surface area contributed by atoms with E-state index in [9.17, 15) is 9.18 Å². The number of carboxylic acid groups (broad SMARTS) is 1. The molecule has 5 heteroatoms. The van der Waals surface area contributed by atoms with Crippen LogP contribution in [0.4, 0.5) is 4.39 Å². The molecule has 1 rings (SSSR count). The van der Waals surface area contributed by atoms with Gasteiger partial charge in [0.1, 0.15) is 5.82 Å². The highest BCUT2D eigenvalue weighted by Gasteiger charge is 2.08. The van der Waals surface area contributed by atoms with E-state index in [2.05, 4.69) is 5.43 Å². The van der Waals surface area contributed by atoms with E-state index in [1.807, 2.05) is 0 Å². The minimum Gasteiger partial charge on any atom is -0.478 e. The molecule has 0 saturated carbocycles. The van der Waals surface area contributed by atoms with Gasteiger partial charge in [-0.3, -0.25) is 10.4 Å². The third-order valence-corrected chi connectivity index (χ3v) is 1.88. The third kappa shape index (κ3) is 3.30. The molecular weight excluding hydrogens is 199 g/mol. The maximum absolute atomic E-state index is 13.2. The second kappa shape index (κ2) is 4.86. The Morgan fingerprint density at radius 1 is 1.53 bits per heavy atom. The number of nitrogens with zero attached hydrogens (tertiary/aromatic N) is 1. The molecule has 0 saturated heterocycles. The number of benzene rings is 1. The molecule has 0 unspecified atom stereocenters. The van der Waals surface area contributed by atoms with E-state index in [1.165, 1.54) is 12.1 Å². The molecule has 0 fully saturated rings. The van der Waals surface area contributed by atoms with Crippen LogP contribution in [0, 0.1) is 5.82 Å². The van der Waals surface area contributed by atoms with E-state index in [4.69, 9.17) is 5.11 Å². The van der Waals surface area contributed by atoms with Gasteiger partial charge in [0.05, 0.1) is 5.56 Å². The lowest BCUT2D eigenvalue weighted by atomic mass is 10.1. The summed E-state index contributed by atoms with van der Waals surface area (Å²) in [6, 6.07) is 3.74. The van der Waals surface area contributed by atoms with Gasteiger partial charge >= 0.3 is 5.97 Å². The molecule has 0 atom stereocenters. The Morgan fingerprint density at radius 2 is 2.20 bits per heavy atom. The van der Waals surface area contributed by atoms with Crippen LogP contribution in [0.1, 0.15) is 15.9 Å². The number of carboxylic acids is 1. The molecule has 0 aliphatic rings. The summed E-state index contributed by atoms with van der Waals surface area (Å²) >= 11 is 0. The summed E-state index contributed by atoms with van der Waals surface area (Å²) in [5, 5.41) is 10.4. The third-order valence-electron chi connectivity index (χ3n) is 1.88. The molecule has 0 spiro atoms. The van der Waals surface area contributed by atoms with Crippen molar-refractivity contribution in [1.82, 2.24) is 10.4 Å². The van der Waals surface area contributed by atoms with Gasteiger partial charge in [0, 0.05) is 26.2 Å². The SMILES string of the molecule is CN(C)NCc1cc(C(=O)O)ccc1F. The summed E-state index contributed by atoms with van der Waals surface area (Å²) in [5.41, 5.74) is 3.30. The molecule has 0 aliphatic heterocycles. The second-order valence-corrected chi connectivity index (χ2v) is 3.34. The van der Waals surface area contributed by atoms with Crippen LogP contribution in [0.5, 0.6) is 0 Å². The number of carbonyl (C=O) groups is 1. The van der Waals surface area contributed by atoms with Crippen molar-refractivity contribution in [3.05, 3.63) is 35.1 Å². The average Bonchev–Trinajstić information content (AvgIpc) is 2.16. The Morgan fingerprint density at radius 3 is 2.73 bits per heavy atom. The Hall–Kier alpha value is -1.46. The van der Waals surface area contributed by atoms with Gasteiger partial charge < -0.3 is 5.11 Å². The quantitative estimate of drug-likeness (QED) is 0.733. The topological polar surface area (TPSA) is 52.6 Å². The number of rotatable bonds is 4. The lowest BCUT2D eigenvalue weighted by Gasteiger charge is -2.12. The van der Waals surface area contributed by atoms with Gasteiger partial charge in [0.15, 0.2) is 0 Å². The van der Waals surface area contributed by atoms with E-state index >= 15 is 0 Å². The van der Waals surface area contributed by atoms with Crippen molar-refractivity contribution in [3.8, 4) is 0 Å². The molecule has 82 valence electrons. The van der Waals surface area contributed by atoms with Crippen LogP contribution in [0.15, 0.2) is 18.2 Å². The monoisotopic (exact) mass is 212 g/mol. The van der Waals surface area contributed by atoms with Crippen LogP contribution < -0.4 is 5.43 Å². The predicted molar refractivity (Wildman–Crippen MR) is 53.9 cm³/mol. The second-order valence-electron chi connectivity index (χ2n) is 3.34. The van der Waals surface area contributed by atoms with E-state index < -0.39 is 11.8 Å². The summed E-state index contributed by atoms with van der Waals surface area (Å²) in [7, 11) is 3.55. The van der Waals surface area contributed by atoms with Crippen molar-refractivity contribution in [2.24, 2.45) is 0 Å². The number of halogens is 1. The molecule has 0 aromatic heterocycles. The first-order valence-corrected chi connectivity index (χ1v) is 4.43. The van der Waals surface area contributed by atoms with Gasteiger partial charge in [-0.25, -0.2) is 9.18 Å². The van der Waals surface area contributed by atoms with Crippen molar-refractivity contribution in [3.63, 3.8) is 0 Å². The Bertz CT molecular complexity index is 366. The molecule has 1 aromatic carbocycles. The molecule has 0 radical (unpaired) electrons. The average molecular weight is 212 g/mol. The lowest BCUT2D eigenvalue weighted by Crippen LogP contribution is -2.30. The fourth-order valence-corrected chi connectivity index (χ4v) is 1.09. The largest absolute Gasteiger partial charge is 0.478 e. The smallest absolute Gasteiger partial charge is 0.335 e. The highest BCUT2D eigenvalue weighted by Crippen LogP contribution is 2.10. The molecule has 1 aromatic rings. The van der Waals surface area contributed by atoms with Crippen molar-refractivity contribution in [1.29, 1.82) is 0 Å². The molecule has 2 N–H and O–H groups in total. The molecule has 0 aliphatic carbocycles. The number of hydrogen-bond donors (Lipinski definition) is 2. The zero-order chi connectivity index (χ0) is 11.4. The zero-order valence-electron chi connectivity index (χ0n) is 8.62. The molecule has 0 bridgehead atoms. The van der Waals surface area contributed by atoms with Gasteiger partial charge in [-0.05, 0) is 18.2 Å². The van der Waals surface area contributed by atoms with E-state index in [1.54, 1.807) is 19.1 Å². The molecule has 0 amide bonds. The van der Waals surface area contributed by atoms with Crippen LogP contribution in [-0.4, -0.2) is 30.2 Å². The highest BCUT2D eigenvalue weighted by atomic mass is 19.1. The zero-order valence-corrected chi connectivity index (χ0v) is 8.62. The van der Waals surface area contributed by atoms with Crippen molar-refractivity contribution in [2.75, 3.05) is 14.1 Å². The number of hydrazine groups is 1. The minimum atomic E-state index is -1.05. The molecule has 4 nitrogen and oxygen atoms in total. The van der Waals surface area contributed by atoms with Crippen LogP contribution in [-0.2, 0) is 6.54 Å². The number of hydrogen-bond acceptors (Lipinski definition) is 3. The first-order valence-electron chi connectivity index (χ1n) is 4.43. The van der Waals surface area contributed by atoms with Gasteiger partial charge in [0.25, 0.3) is 0 Å². The molecule has 0 heterocycles. The summed E-state index contributed by atoms with van der Waals surface area (Å²) in [4.78, 5) is 10.6. The van der Waals surface area contributed by atoms with Crippen molar-refractivity contribution >= 4 is 5.97 Å². The summed E-state index contributed by atoms with van der Waals surface area (Å²) in [6.45, 7) is 0.264. The maximum atomic E-state index is 13.2. The summed E-state index contributed by atoms with van der Waals surface area (Å²) in [6.07, 6.45) is 0. The predicted octanol–water partition coefficient (Wildman–Crippen LogP) is 1.09. The van der Waals surface area contributed by atoms with E-state index in [0.717, 1.165) is 6.07 Å². The van der Waals surface area contributed by atoms with E-state index in [0.29, 0.717) is 5.56 Å². The fraction of sp³-hybridized carbons (Fsp3) is 0.300. The van der Waals surface area contributed by atoms with Gasteiger partial charge in [-0.2, -0.15) is 0 Å². The normalized spacial score (nSPS) is 10.7. The summed E-state index contributed by atoms with van der Waals surface area (Å²) in [5.74, 6) is -1.46. The van der Waals surface area contributed by atoms with Crippen LogP contribution in [0.2, 0.25) is 0 Å². The van der Waals surface area contributed by atoms with Gasteiger partial charge in [0.2, 0.25) is 0 Å². The Kier molecular flexibility index (Phi) is 3.76. The standard InChI is InChI=1S/C10H13FN2O2/c1-13(2)12-6-8-5-7(10(14)15)3-4-9(8)11/h3-5,12H,6H2,1-2H3,(H,14,15). The summed E-state index contributed by atoms with van der Waals surface area (Å²) < 4.78 is 13.2. The number of nitrogens with one attached hydrogen (secondary N) is 1. The first-order chi connectivity index (χ1) is 7.00. The van der Waals surface area contributed by atoms with Gasteiger partial charge in [-0.15, -0.1) is 0 Å². The lowest BCUT2D eigenvalue weighted by molar-refractivity contribution is 0.0696. The molecule has 15 heavy (non-hydrogen) atoms. The Balaban J connectivity index is 2.85.